The van der Waals surface area contributed by atoms with Gasteiger partial charge in [-0.3, -0.25) is 0 Å². The minimum absolute atomic E-state index is 0.0737. The Bertz CT molecular complexity index is 896. The molecule has 2 aromatic rings. The van der Waals surface area contributed by atoms with Gasteiger partial charge in [0.2, 0.25) is 0 Å². The van der Waals surface area contributed by atoms with E-state index in [9.17, 15) is 13.6 Å². The minimum atomic E-state index is -0.493. The van der Waals surface area contributed by atoms with Crippen LogP contribution in [0.2, 0.25) is 0 Å². The van der Waals surface area contributed by atoms with Crippen molar-refractivity contribution in [3.8, 4) is 23.0 Å². The number of ether oxygens (including phenoxy) is 5. The first-order valence-corrected chi connectivity index (χ1v) is 10.3. The first-order chi connectivity index (χ1) is 15.8. The van der Waals surface area contributed by atoms with Crippen LogP contribution in [0.4, 0.5) is 13.6 Å². The number of hydrogen-bond donors (Lipinski definition) is 2. The van der Waals surface area contributed by atoms with Crippen LogP contribution in [0.25, 0.3) is 0 Å². The largest absolute Gasteiger partial charge is 0.493 e. The van der Waals surface area contributed by atoms with Crippen LogP contribution in [0, 0.1) is 11.6 Å². The molecule has 0 aromatic heterocycles. The minimum Gasteiger partial charge on any atom is -0.493 e. The molecule has 2 rings (SSSR count). The van der Waals surface area contributed by atoms with Crippen LogP contribution in [-0.2, 0) is 17.6 Å². The number of amides is 1. The smallest absolute Gasteiger partial charge is 0.407 e. The molecule has 0 bridgehead atoms. The number of nitrogens with two attached hydrogens (primary N) is 1. The molecule has 3 N–H and O–H groups in total. The molecule has 0 atom stereocenters. The summed E-state index contributed by atoms with van der Waals surface area (Å²) in [5, 5.41) is 2.56. The normalized spacial score (nSPS) is 9.94. The molecule has 0 fully saturated rings. The molecule has 0 heterocycles. The fraction of sp³-hybridized carbons (Fsp3) is 0.435. The number of benzene rings is 2. The van der Waals surface area contributed by atoms with Gasteiger partial charge in [-0.25, -0.2) is 13.6 Å². The Labute approximate surface area is 192 Å². The van der Waals surface area contributed by atoms with Gasteiger partial charge in [0, 0.05) is 6.54 Å². The Hall–Kier alpha value is -3.27. The number of carbonyl (C=O) groups excluding carboxylic acids is 1. The maximum Gasteiger partial charge on any atom is 0.407 e. The summed E-state index contributed by atoms with van der Waals surface area (Å²) in [6, 6.07) is 6.17. The van der Waals surface area contributed by atoms with Crippen molar-refractivity contribution < 1.29 is 37.3 Å². The fourth-order valence-electron chi connectivity index (χ4n) is 2.89. The molecule has 10 heteroatoms. The molecular weight excluding hydrogens is 438 g/mol. The van der Waals surface area contributed by atoms with E-state index in [2.05, 4.69) is 5.32 Å². The maximum atomic E-state index is 13.7. The lowest BCUT2D eigenvalue weighted by molar-refractivity contribution is 0.152. The highest BCUT2D eigenvalue weighted by Gasteiger charge is 2.13. The SMILES string of the molecule is CCOC(=O)NCCc1cc(F)c(OC)c(OC)c1.COc1cc(CCN)cc(F)c1OC. The van der Waals surface area contributed by atoms with Gasteiger partial charge in [-0.05, 0) is 61.7 Å². The van der Waals surface area contributed by atoms with E-state index in [0.29, 0.717) is 49.6 Å². The Morgan fingerprint density at radius 3 is 1.73 bits per heavy atom. The second kappa shape index (κ2) is 14.7. The van der Waals surface area contributed by atoms with E-state index in [1.807, 2.05) is 0 Å². The number of hydrogen-bond acceptors (Lipinski definition) is 7. The zero-order valence-corrected chi connectivity index (χ0v) is 19.6. The summed E-state index contributed by atoms with van der Waals surface area (Å²) in [6.07, 6.45) is 0.608. The average molecular weight is 471 g/mol. The molecule has 8 nitrogen and oxygen atoms in total. The highest BCUT2D eigenvalue weighted by molar-refractivity contribution is 5.67. The molecule has 184 valence electrons. The van der Waals surface area contributed by atoms with Crippen LogP contribution in [0.3, 0.4) is 0 Å². The second-order valence-corrected chi connectivity index (χ2v) is 6.56. The Morgan fingerprint density at radius 2 is 1.33 bits per heavy atom. The van der Waals surface area contributed by atoms with Crippen molar-refractivity contribution in [3.63, 3.8) is 0 Å². The van der Waals surface area contributed by atoms with Crippen molar-refractivity contribution in [1.82, 2.24) is 5.32 Å². The van der Waals surface area contributed by atoms with Gasteiger partial charge in [-0.1, -0.05) is 0 Å². The molecule has 0 aliphatic rings. The molecule has 0 aliphatic carbocycles. The van der Waals surface area contributed by atoms with Gasteiger partial charge in [-0.15, -0.1) is 0 Å². The van der Waals surface area contributed by atoms with Crippen LogP contribution in [0.1, 0.15) is 18.1 Å². The van der Waals surface area contributed by atoms with Crippen molar-refractivity contribution in [2.75, 3.05) is 48.1 Å². The summed E-state index contributed by atoms with van der Waals surface area (Å²) in [6.45, 7) is 2.88. The number of rotatable bonds is 10. The summed E-state index contributed by atoms with van der Waals surface area (Å²) in [5.74, 6) is 0.0192. The summed E-state index contributed by atoms with van der Waals surface area (Å²) in [5.41, 5.74) is 6.89. The second-order valence-electron chi connectivity index (χ2n) is 6.56. The Balaban J connectivity index is 0.000000346. The zero-order valence-electron chi connectivity index (χ0n) is 19.6. The fourth-order valence-corrected chi connectivity index (χ4v) is 2.89. The summed E-state index contributed by atoms with van der Waals surface area (Å²) in [7, 11) is 5.70. The molecule has 0 unspecified atom stereocenters. The van der Waals surface area contributed by atoms with Crippen molar-refractivity contribution in [2.24, 2.45) is 5.73 Å². The quantitative estimate of drug-likeness (QED) is 0.548. The molecule has 0 saturated heterocycles. The topological polar surface area (TPSA) is 101 Å². The van der Waals surface area contributed by atoms with Crippen molar-refractivity contribution in [3.05, 3.63) is 47.0 Å². The van der Waals surface area contributed by atoms with Crippen LogP contribution in [-0.4, -0.2) is 54.2 Å². The number of nitrogens with one attached hydrogen (secondary N) is 1. The number of carbonyl (C=O) groups is 1. The van der Waals surface area contributed by atoms with E-state index in [0.717, 1.165) is 5.56 Å². The monoisotopic (exact) mass is 470 g/mol. The van der Waals surface area contributed by atoms with Crippen molar-refractivity contribution in [1.29, 1.82) is 0 Å². The molecule has 0 spiro atoms. The van der Waals surface area contributed by atoms with E-state index >= 15 is 0 Å². The standard InChI is InChI=1S/C13H18FNO4.C10H14FNO2/c1-4-19-13(16)15-6-5-9-7-10(14)12(18-3)11(8-9)17-2;1-13-9-6-7(3-4-12)5-8(11)10(9)14-2/h7-8H,4-6H2,1-3H3,(H,15,16);5-6H,3-4,12H2,1-2H3. The molecule has 33 heavy (non-hydrogen) atoms. The predicted octanol–water partition coefficient (Wildman–Crippen LogP) is 3.48. The number of halogens is 2. The molecule has 0 saturated carbocycles. The maximum absolute atomic E-state index is 13.7. The van der Waals surface area contributed by atoms with E-state index in [-0.39, 0.29) is 11.5 Å². The Kier molecular flexibility index (Phi) is 12.4. The third-order valence-corrected chi connectivity index (χ3v) is 4.38. The predicted molar refractivity (Wildman–Crippen MR) is 120 cm³/mol. The highest BCUT2D eigenvalue weighted by Crippen LogP contribution is 2.32. The summed E-state index contributed by atoms with van der Waals surface area (Å²) in [4.78, 5) is 11.1. The van der Waals surface area contributed by atoms with Gasteiger partial charge in [0.25, 0.3) is 0 Å². The molecule has 1 amide bonds. The van der Waals surface area contributed by atoms with Crippen molar-refractivity contribution >= 4 is 6.09 Å². The first-order valence-electron chi connectivity index (χ1n) is 10.3. The van der Waals surface area contributed by atoms with Gasteiger partial charge in [0.05, 0.1) is 35.0 Å². The molecular formula is C23H32F2N2O6. The van der Waals surface area contributed by atoms with Crippen LogP contribution in [0.15, 0.2) is 24.3 Å². The first kappa shape index (κ1) is 27.8. The van der Waals surface area contributed by atoms with Gasteiger partial charge >= 0.3 is 6.09 Å². The van der Waals surface area contributed by atoms with Gasteiger partial charge < -0.3 is 34.7 Å². The molecule has 0 radical (unpaired) electrons. The zero-order chi connectivity index (χ0) is 24.8. The van der Waals surface area contributed by atoms with Gasteiger partial charge in [0.1, 0.15) is 0 Å². The Morgan fingerprint density at radius 1 is 0.848 bits per heavy atom. The highest BCUT2D eigenvalue weighted by atomic mass is 19.1. The third kappa shape index (κ3) is 8.64. The molecule has 0 aliphatic heterocycles. The van der Waals surface area contributed by atoms with Crippen molar-refractivity contribution in [2.45, 2.75) is 19.8 Å². The van der Waals surface area contributed by atoms with E-state index in [4.69, 9.17) is 29.4 Å². The van der Waals surface area contributed by atoms with Crippen LogP contribution >= 0.6 is 0 Å². The lowest BCUT2D eigenvalue weighted by atomic mass is 10.1. The van der Waals surface area contributed by atoms with Crippen LogP contribution in [0.5, 0.6) is 23.0 Å². The third-order valence-electron chi connectivity index (χ3n) is 4.38. The molecule has 2 aromatic carbocycles. The lowest BCUT2D eigenvalue weighted by Gasteiger charge is -2.11. The summed E-state index contributed by atoms with van der Waals surface area (Å²) >= 11 is 0. The number of methoxy groups -OCH3 is 4. The summed E-state index contributed by atoms with van der Waals surface area (Å²) < 4.78 is 51.6. The van der Waals surface area contributed by atoms with Gasteiger partial charge in [0.15, 0.2) is 34.6 Å². The lowest BCUT2D eigenvalue weighted by Crippen LogP contribution is -2.26. The van der Waals surface area contributed by atoms with E-state index in [1.54, 1.807) is 19.1 Å². The van der Waals surface area contributed by atoms with Gasteiger partial charge in [-0.2, -0.15) is 0 Å². The van der Waals surface area contributed by atoms with E-state index in [1.165, 1.54) is 40.6 Å². The number of alkyl carbamates (subject to hydrolysis) is 1. The van der Waals surface area contributed by atoms with E-state index < -0.39 is 17.7 Å². The van der Waals surface area contributed by atoms with Crippen LogP contribution < -0.4 is 30.0 Å². The average Bonchev–Trinajstić information content (AvgIpc) is 2.79.